The summed E-state index contributed by atoms with van der Waals surface area (Å²) in [5.41, 5.74) is 0.330. The molecule has 0 radical (unpaired) electrons. The fourth-order valence-corrected chi connectivity index (χ4v) is 1.98. The van der Waals surface area contributed by atoms with E-state index in [9.17, 15) is 9.18 Å². The molecule has 0 N–H and O–H groups in total. The molecular formula is C14H9Cl2FO2. The Labute approximate surface area is 119 Å². The van der Waals surface area contributed by atoms with Crippen molar-refractivity contribution in [2.24, 2.45) is 0 Å². The van der Waals surface area contributed by atoms with Gasteiger partial charge in [0.25, 0.3) is 0 Å². The van der Waals surface area contributed by atoms with Gasteiger partial charge in [-0.05, 0) is 24.3 Å². The molecule has 0 bridgehead atoms. The SMILES string of the molecule is O=C(COc1c(F)cccc1Cl)c1ccccc1Cl. The zero-order chi connectivity index (χ0) is 13.8. The molecule has 98 valence electrons. The zero-order valence-corrected chi connectivity index (χ0v) is 11.2. The largest absolute Gasteiger partial charge is 0.481 e. The minimum Gasteiger partial charge on any atom is -0.481 e. The van der Waals surface area contributed by atoms with E-state index >= 15 is 0 Å². The van der Waals surface area contributed by atoms with Crippen molar-refractivity contribution in [2.75, 3.05) is 6.61 Å². The van der Waals surface area contributed by atoms with E-state index in [-0.39, 0.29) is 23.2 Å². The topological polar surface area (TPSA) is 26.3 Å². The number of carbonyl (C=O) groups excluding carboxylic acids is 1. The van der Waals surface area contributed by atoms with E-state index in [1.54, 1.807) is 24.3 Å². The fourth-order valence-electron chi connectivity index (χ4n) is 1.52. The summed E-state index contributed by atoms with van der Waals surface area (Å²) in [6, 6.07) is 10.7. The number of benzene rings is 2. The molecule has 0 atom stereocenters. The van der Waals surface area contributed by atoms with Crippen LogP contribution in [0.2, 0.25) is 10.0 Å². The predicted octanol–water partition coefficient (Wildman–Crippen LogP) is 4.39. The van der Waals surface area contributed by atoms with Crippen LogP contribution in [0.1, 0.15) is 10.4 Å². The van der Waals surface area contributed by atoms with E-state index in [0.717, 1.165) is 0 Å². The van der Waals surface area contributed by atoms with Gasteiger partial charge in [-0.2, -0.15) is 0 Å². The van der Waals surface area contributed by atoms with Gasteiger partial charge in [-0.3, -0.25) is 4.79 Å². The number of ketones is 1. The van der Waals surface area contributed by atoms with Crippen molar-refractivity contribution < 1.29 is 13.9 Å². The number of hydrogen-bond acceptors (Lipinski definition) is 2. The second kappa shape index (κ2) is 6.04. The number of hydrogen-bond donors (Lipinski definition) is 0. The Morgan fingerprint density at radius 3 is 2.42 bits per heavy atom. The number of rotatable bonds is 4. The highest BCUT2D eigenvalue weighted by atomic mass is 35.5. The summed E-state index contributed by atoms with van der Waals surface area (Å²) < 4.78 is 18.6. The van der Waals surface area contributed by atoms with Crippen LogP contribution in [0.3, 0.4) is 0 Å². The third kappa shape index (κ3) is 3.25. The van der Waals surface area contributed by atoms with E-state index in [2.05, 4.69) is 0 Å². The monoisotopic (exact) mass is 298 g/mol. The van der Waals surface area contributed by atoms with E-state index in [1.165, 1.54) is 18.2 Å². The summed E-state index contributed by atoms with van der Waals surface area (Å²) in [6.07, 6.45) is 0. The lowest BCUT2D eigenvalue weighted by Crippen LogP contribution is -2.12. The Kier molecular flexibility index (Phi) is 4.40. The molecule has 19 heavy (non-hydrogen) atoms. The van der Waals surface area contributed by atoms with Crippen LogP contribution in [0.4, 0.5) is 4.39 Å². The second-order valence-electron chi connectivity index (χ2n) is 3.74. The van der Waals surface area contributed by atoms with Gasteiger partial charge < -0.3 is 4.74 Å². The lowest BCUT2D eigenvalue weighted by Gasteiger charge is -2.08. The molecule has 0 unspecified atom stereocenters. The van der Waals surface area contributed by atoms with Crippen LogP contribution in [-0.2, 0) is 0 Å². The van der Waals surface area contributed by atoms with Gasteiger partial charge in [-0.15, -0.1) is 0 Å². The Morgan fingerprint density at radius 1 is 1.05 bits per heavy atom. The molecule has 0 aromatic heterocycles. The maximum Gasteiger partial charge on any atom is 0.201 e. The van der Waals surface area contributed by atoms with Gasteiger partial charge in [0.2, 0.25) is 5.78 Å². The van der Waals surface area contributed by atoms with E-state index in [0.29, 0.717) is 10.6 Å². The van der Waals surface area contributed by atoms with Crippen molar-refractivity contribution in [2.45, 2.75) is 0 Å². The number of ether oxygens (including phenoxy) is 1. The third-order valence-corrected chi connectivity index (χ3v) is 3.07. The van der Waals surface area contributed by atoms with Crippen LogP contribution >= 0.6 is 23.2 Å². The highest BCUT2D eigenvalue weighted by Gasteiger charge is 2.13. The van der Waals surface area contributed by atoms with Crippen molar-refractivity contribution in [1.82, 2.24) is 0 Å². The average Bonchev–Trinajstić information content (AvgIpc) is 2.38. The van der Waals surface area contributed by atoms with E-state index < -0.39 is 5.82 Å². The fraction of sp³-hybridized carbons (Fsp3) is 0.0714. The molecule has 0 amide bonds. The van der Waals surface area contributed by atoms with Crippen LogP contribution < -0.4 is 4.74 Å². The standard InChI is InChI=1S/C14H9Cl2FO2/c15-10-5-2-1-4-9(10)13(18)8-19-14-11(16)6-3-7-12(14)17/h1-7H,8H2. The Bertz CT molecular complexity index is 594. The lowest BCUT2D eigenvalue weighted by molar-refractivity contribution is 0.0919. The van der Waals surface area contributed by atoms with Gasteiger partial charge in [0, 0.05) is 5.56 Å². The molecule has 0 aliphatic carbocycles. The molecule has 2 rings (SSSR count). The highest BCUT2D eigenvalue weighted by Crippen LogP contribution is 2.27. The van der Waals surface area contributed by atoms with E-state index in [1.807, 2.05) is 0 Å². The first-order valence-corrected chi connectivity index (χ1v) is 6.19. The predicted molar refractivity (Wildman–Crippen MR) is 72.7 cm³/mol. The van der Waals surface area contributed by atoms with Crippen LogP contribution in [0.25, 0.3) is 0 Å². The Hall–Kier alpha value is -1.58. The number of carbonyl (C=O) groups is 1. The molecule has 2 aromatic rings. The van der Waals surface area contributed by atoms with Crippen LogP contribution in [0, 0.1) is 5.82 Å². The molecule has 5 heteroatoms. The van der Waals surface area contributed by atoms with Gasteiger partial charge in [-0.25, -0.2) is 4.39 Å². The normalized spacial score (nSPS) is 10.3. The van der Waals surface area contributed by atoms with Gasteiger partial charge in [-0.1, -0.05) is 41.4 Å². The van der Waals surface area contributed by atoms with Gasteiger partial charge in [0.15, 0.2) is 18.2 Å². The van der Waals surface area contributed by atoms with Crippen LogP contribution in [0.5, 0.6) is 5.75 Å². The minimum absolute atomic E-state index is 0.118. The van der Waals surface area contributed by atoms with Crippen LogP contribution in [0.15, 0.2) is 42.5 Å². The summed E-state index contributed by atoms with van der Waals surface area (Å²) in [4.78, 5) is 11.9. The molecule has 0 fully saturated rings. The summed E-state index contributed by atoms with van der Waals surface area (Å²) in [7, 11) is 0. The van der Waals surface area contributed by atoms with Crippen molar-refractivity contribution in [1.29, 1.82) is 0 Å². The molecule has 2 aromatic carbocycles. The van der Waals surface area contributed by atoms with Gasteiger partial charge in [0.1, 0.15) is 0 Å². The summed E-state index contributed by atoms with van der Waals surface area (Å²) in [6.45, 7) is -0.329. The first-order valence-electron chi connectivity index (χ1n) is 5.44. The number of halogens is 3. The Morgan fingerprint density at radius 2 is 1.74 bits per heavy atom. The van der Waals surface area contributed by atoms with Crippen molar-refractivity contribution >= 4 is 29.0 Å². The maximum atomic E-state index is 13.4. The Balaban J connectivity index is 2.11. The minimum atomic E-state index is -0.612. The maximum absolute atomic E-state index is 13.4. The highest BCUT2D eigenvalue weighted by molar-refractivity contribution is 6.34. The molecule has 0 heterocycles. The molecule has 0 aliphatic heterocycles. The molecule has 0 saturated carbocycles. The van der Waals surface area contributed by atoms with Gasteiger partial charge >= 0.3 is 0 Å². The molecule has 2 nitrogen and oxygen atoms in total. The van der Waals surface area contributed by atoms with E-state index in [4.69, 9.17) is 27.9 Å². The second-order valence-corrected chi connectivity index (χ2v) is 4.56. The summed E-state index contributed by atoms with van der Waals surface area (Å²) in [5, 5.41) is 0.447. The molecular weight excluding hydrogens is 290 g/mol. The number of para-hydroxylation sites is 1. The summed E-state index contributed by atoms with van der Waals surface area (Å²) in [5.74, 6) is -1.09. The first kappa shape index (κ1) is 13.8. The van der Waals surface area contributed by atoms with Crippen molar-refractivity contribution in [3.8, 4) is 5.75 Å². The van der Waals surface area contributed by atoms with Crippen molar-refractivity contribution in [3.63, 3.8) is 0 Å². The average molecular weight is 299 g/mol. The van der Waals surface area contributed by atoms with Gasteiger partial charge in [0.05, 0.1) is 10.0 Å². The lowest BCUT2D eigenvalue weighted by atomic mass is 10.1. The van der Waals surface area contributed by atoms with Crippen molar-refractivity contribution in [3.05, 3.63) is 63.9 Å². The summed E-state index contributed by atoms with van der Waals surface area (Å²) >= 11 is 11.7. The molecule has 0 aliphatic rings. The van der Waals surface area contributed by atoms with Crippen LogP contribution in [-0.4, -0.2) is 12.4 Å². The molecule has 0 saturated heterocycles. The molecule has 0 spiro atoms. The quantitative estimate of drug-likeness (QED) is 0.782. The third-order valence-electron chi connectivity index (χ3n) is 2.44. The number of Topliss-reactive ketones (excluding diaryl/α,β-unsaturated/α-hetero) is 1. The smallest absolute Gasteiger partial charge is 0.201 e. The first-order chi connectivity index (χ1) is 9.09. The zero-order valence-electron chi connectivity index (χ0n) is 9.70.